The molecule has 0 unspecified atom stereocenters. The van der Waals surface area contributed by atoms with Gasteiger partial charge < -0.3 is 0 Å². The van der Waals surface area contributed by atoms with Crippen LogP contribution in [0.3, 0.4) is 0 Å². The lowest BCUT2D eigenvalue weighted by molar-refractivity contribution is 0.625. The van der Waals surface area contributed by atoms with Gasteiger partial charge in [0, 0.05) is 24.2 Å². The summed E-state index contributed by atoms with van der Waals surface area (Å²) in [6.45, 7) is 2.37. The van der Waals surface area contributed by atoms with Crippen LogP contribution >= 0.6 is 11.6 Å². The van der Waals surface area contributed by atoms with Crippen LogP contribution < -0.4 is 11.2 Å². The molecule has 112 valence electrons. The average molecular weight is 317 g/mol. The van der Waals surface area contributed by atoms with E-state index >= 15 is 0 Å². The Hall–Kier alpha value is -2.47. The molecule has 0 bridgehead atoms. The van der Waals surface area contributed by atoms with Crippen LogP contribution in [-0.4, -0.2) is 19.3 Å². The molecule has 0 saturated carbocycles. The number of fused-ring (bicyclic) bond motifs is 1. The Bertz CT molecular complexity index is 928. The summed E-state index contributed by atoms with van der Waals surface area (Å²) in [5, 5.41) is 5.08. The van der Waals surface area contributed by atoms with Crippen molar-refractivity contribution in [3.8, 4) is 22.6 Å². The van der Waals surface area contributed by atoms with Crippen LogP contribution in [0, 0.1) is 0 Å². The molecule has 0 aromatic heterocycles. The summed E-state index contributed by atoms with van der Waals surface area (Å²) in [4.78, 5) is 28.0. The van der Waals surface area contributed by atoms with E-state index in [0.717, 1.165) is 10.1 Å². The number of aromatic nitrogens is 4. The predicted octanol–water partition coefficient (Wildman–Crippen LogP) is 1.78. The van der Waals surface area contributed by atoms with E-state index in [9.17, 15) is 9.59 Å². The predicted molar refractivity (Wildman–Crippen MR) is 84.3 cm³/mol. The summed E-state index contributed by atoms with van der Waals surface area (Å²) in [6, 6.07) is 8.83. The maximum atomic E-state index is 12.3. The molecule has 2 heterocycles. The van der Waals surface area contributed by atoms with Crippen molar-refractivity contribution < 1.29 is 0 Å². The molecular formula is C15H13ClN4O2. The average Bonchev–Trinajstić information content (AvgIpc) is 2.53. The SMILES string of the molecule is CCn1nc(-c2ccc(Cl)cc2)cc2c(=O)n(C)c(=O)nc1-2. The minimum absolute atomic E-state index is 0.299. The molecule has 0 spiro atoms. The molecule has 0 N–H and O–H groups in total. The van der Waals surface area contributed by atoms with E-state index in [2.05, 4.69) is 10.1 Å². The molecule has 0 aliphatic carbocycles. The van der Waals surface area contributed by atoms with Gasteiger partial charge in [0.05, 0.1) is 11.3 Å². The van der Waals surface area contributed by atoms with Crippen molar-refractivity contribution in [3.05, 3.63) is 56.2 Å². The van der Waals surface area contributed by atoms with Gasteiger partial charge in [-0.25, -0.2) is 9.48 Å². The zero-order chi connectivity index (χ0) is 15.9. The lowest BCUT2D eigenvalue weighted by atomic mass is 10.1. The first-order chi connectivity index (χ1) is 10.5. The van der Waals surface area contributed by atoms with Crippen LogP contribution in [-0.2, 0) is 13.6 Å². The third-order valence-corrected chi connectivity index (χ3v) is 3.71. The number of halogens is 1. The lowest BCUT2D eigenvalue weighted by Gasteiger charge is -2.14. The fraction of sp³-hybridized carbons (Fsp3) is 0.200. The molecule has 7 heteroatoms. The van der Waals surface area contributed by atoms with Gasteiger partial charge >= 0.3 is 5.69 Å². The van der Waals surface area contributed by atoms with Gasteiger partial charge in [-0.05, 0) is 25.1 Å². The summed E-state index contributed by atoms with van der Waals surface area (Å²) >= 11 is 5.89. The van der Waals surface area contributed by atoms with E-state index in [1.54, 1.807) is 22.9 Å². The Morgan fingerprint density at radius 1 is 1.18 bits per heavy atom. The zero-order valence-electron chi connectivity index (χ0n) is 12.1. The van der Waals surface area contributed by atoms with Crippen molar-refractivity contribution in [1.29, 1.82) is 0 Å². The Balaban J connectivity index is 2.35. The summed E-state index contributed by atoms with van der Waals surface area (Å²) in [6.07, 6.45) is 0. The van der Waals surface area contributed by atoms with Crippen LogP contribution in [0.4, 0.5) is 0 Å². The normalized spacial score (nSPS) is 11.0. The van der Waals surface area contributed by atoms with Gasteiger partial charge in [-0.15, -0.1) is 0 Å². The minimum atomic E-state index is -0.583. The van der Waals surface area contributed by atoms with Crippen LogP contribution in [0.25, 0.3) is 22.6 Å². The molecule has 1 aromatic carbocycles. The quantitative estimate of drug-likeness (QED) is 0.722. The van der Waals surface area contributed by atoms with Gasteiger partial charge in [0.1, 0.15) is 0 Å². The molecule has 0 fully saturated rings. The molecule has 22 heavy (non-hydrogen) atoms. The van der Waals surface area contributed by atoms with Gasteiger partial charge in [-0.1, -0.05) is 23.7 Å². The maximum absolute atomic E-state index is 12.3. The fourth-order valence-corrected chi connectivity index (χ4v) is 2.36. The maximum Gasteiger partial charge on any atom is 0.352 e. The summed E-state index contributed by atoms with van der Waals surface area (Å²) in [5.41, 5.74) is 0.866. The van der Waals surface area contributed by atoms with Gasteiger partial charge in [-0.2, -0.15) is 10.1 Å². The molecule has 1 aromatic rings. The highest BCUT2D eigenvalue weighted by atomic mass is 35.5. The van der Waals surface area contributed by atoms with E-state index in [4.69, 9.17) is 11.6 Å². The van der Waals surface area contributed by atoms with Gasteiger partial charge in [0.2, 0.25) is 0 Å². The number of hydrogen-bond donors (Lipinski definition) is 0. The van der Waals surface area contributed by atoms with E-state index in [1.807, 2.05) is 19.1 Å². The highest BCUT2D eigenvalue weighted by Crippen LogP contribution is 2.23. The van der Waals surface area contributed by atoms with Crippen molar-refractivity contribution >= 4 is 11.6 Å². The molecule has 0 radical (unpaired) electrons. The van der Waals surface area contributed by atoms with E-state index < -0.39 is 5.69 Å². The van der Waals surface area contributed by atoms with Crippen LogP contribution in [0.1, 0.15) is 6.92 Å². The highest BCUT2D eigenvalue weighted by molar-refractivity contribution is 6.30. The lowest BCUT2D eigenvalue weighted by Crippen LogP contribution is -2.36. The number of aryl methyl sites for hydroxylation is 1. The van der Waals surface area contributed by atoms with Gasteiger partial charge in [-0.3, -0.25) is 9.36 Å². The first kappa shape index (κ1) is 14.5. The molecular weight excluding hydrogens is 304 g/mol. The molecule has 2 aliphatic heterocycles. The van der Waals surface area contributed by atoms with Crippen molar-refractivity contribution in [2.24, 2.45) is 7.05 Å². The van der Waals surface area contributed by atoms with Crippen molar-refractivity contribution in [2.75, 3.05) is 0 Å². The second kappa shape index (κ2) is 5.38. The van der Waals surface area contributed by atoms with Gasteiger partial charge in [0.15, 0.2) is 5.82 Å². The van der Waals surface area contributed by atoms with Crippen molar-refractivity contribution in [2.45, 2.75) is 13.5 Å². The standard InChI is InChI=1S/C15H13ClN4O2/c1-3-20-13-11(14(21)19(2)15(22)17-13)8-12(18-20)9-4-6-10(16)7-5-9/h4-8H,3H2,1-2H3. The van der Waals surface area contributed by atoms with Crippen LogP contribution in [0.5, 0.6) is 0 Å². The second-order valence-electron chi connectivity index (χ2n) is 4.85. The Morgan fingerprint density at radius 2 is 1.86 bits per heavy atom. The molecule has 0 amide bonds. The van der Waals surface area contributed by atoms with E-state index in [0.29, 0.717) is 28.6 Å². The van der Waals surface area contributed by atoms with E-state index in [1.165, 1.54) is 7.05 Å². The Kier molecular flexibility index (Phi) is 3.54. The third kappa shape index (κ3) is 2.31. The fourth-order valence-electron chi connectivity index (χ4n) is 2.24. The zero-order valence-corrected chi connectivity index (χ0v) is 12.8. The second-order valence-corrected chi connectivity index (χ2v) is 5.28. The monoisotopic (exact) mass is 316 g/mol. The Morgan fingerprint density at radius 3 is 2.50 bits per heavy atom. The van der Waals surface area contributed by atoms with Crippen molar-refractivity contribution in [1.82, 2.24) is 19.3 Å². The van der Waals surface area contributed by atoms with Crippen LogP contribution in [0.15, 0.2) is 39.9 Å². The molecule has 0 atom stereocenters. The number of rotatable bonds is 2. The van der Waals surface area contributed by atoms with Crippen LogP contribution in [0.2, 0.25) is 5.02 Å². The molecule has 2 aliphatic rings. The smallest absolute Gasteiger partial charge is 0.268 e. The topological polar surface area (TPSA) is 69.8 Å². The third-order valence-electron chi connectivity index (χ3n) is 3.46. The molecule has 0 saturated heterocycles. The van der Waals surface area contributed by atoms with E-state index in [-0.39, 0.29) is 5.56 Å². The number of benzene rings is 1. The van der Waals surface area contributed by atoms with Crippen molar-refractivity contribution in [3.63, 3.8) is 0 Å². The first-order valence-corrected chi connectivity index (χ1v) is 7.14. The molecule has 6 nitrogen and oxygen atoms in total. The largest absolute Gasteiger partial charge is 0.352 e. The number of nitrogens with zero attached hydrogens (tertiary/aromatic N) is 4. The summed E-state index contributed by atoms with van der Waals surface area (Å²) in [7, 11) is 1.41. The van der Waals surface area contributed by atoms with Gasteiger partial charge in [0.25, 0.3) is 5.56 Å². The first-order valence-electron chi connectivity index (χ1n) is 6.76. The molecule has 3 rings (SSSR count). The highest BCUT2D eigenvalue weighted by Gasteiger charge is 2.18. The minimum Gasteiger partial charge on any atom is -0.268 e. The number of hydrogen-bond acceptors (Lipinski definition) is 4. The Labute approximate surface area is 131 Å². The summed E-state index contributed by atoms with van der Waals surface area (Å²) in [5.74, 6) is 0.299. The summed E-state index contributed by atoms with van der Waals surface area (Å²) < 4.78 is 2.55.